The van der Waals surface area contributed by atoms with Crippen LogP contribution in [0, 0.1) is 10.1 Å². The summed E-state index contributed by atoms with van der Waals surface area (Å²) in [6.07, 6.45) is 2.02. The first-order valence-electron chi connectivity index (χ1n) is 10.7. The fourth-order valence-corrected chi connectivity index (χ4v) is 3.15. The lowest BCUT2D eigenvalue weighted by Gasteiger charge is -2.06. The van der Waals surface area contributed by atoms with Gasteiger partial charge in [-0.05, 0) is 60.5 Å². The van der Waals surface area contributed by atoms with Gasteiger partial charge in [-0.15, -0.1) is 0 Å². The highest BCUT2D eigenvalue weighted by atomic mass is 35.5. The number of ether oxygens (including phenoxy) is 1. The van der Waals surface area contributed by atoms with Crippen molar-refractivity contribution in [3.63, 3.8) is 0 Å². The molecule has 0 spiro atoms. The molecule has 3 aromatic carbocycles. The highest BCUT2D eigenvalue weighted by Crippen LogP contribution is 2.17. The van der Waals surface area contributed by atoms with Crippen molar-refractivity contribution in [2.24, 2.45) is 5.10 Å². The number of hydrazone groups is 1. The van der Waals surface area contributed by atoms with Crippen molar-refractivity contribution in [3.05, 3.63) is 105 Å². The van der Waals surface area contributed by atoms with E-state index in [9.17, 15) is 24.5 Å². The molecule has 0 aliphatic heterocycles. The third kappa shape index (κ3) is 7.74. The second kappa shape index (κ2) is 12.8. The zero-order valence-electron chi connectivity index (χ0n) is 18.8. The SMILES string of the molecule is O=C(CCCNC(=O)c1ccccc1Cl)N/N=C\c1ccc(OC(=O)c2ccc([N+](=O)[O-])cc2)cc1. The Bertz CT molecular complexity index is 1280. The van der Waals surface area contributed by atoms with Crippen LogP contribution in [0.4, 0.5) is 5.69 Å². The van der Waals surface area contributed by atoms with Gasteiger partial charge < -0.3 is 10.1 Å². The molecule has 2 N–H and O–H groups in total. The summed E-state index contributed by atoms with van der Waals surface area (Å²) in [5.41, 5.74) is 3.49. The number of nitro groups is 1. The highest BCUT2D eigenvalue weighted by Gasteiger charge is 2.12. The molecular formula is C25H21ClN4O6. The van der Waals surface area contributed by atoms with Gasteiger partial charge in [0.1, 0.15) is 5.75 Å². The van der Waals surface area contributed by atoms with Gasteiger partial charge in [0.15, 0.2) is 0 Å². The molecule has 0 saturated carbocycles. The summed E-state index contributed by atoms with van der Waals surface area (Å²) in [4.78, 5) is 46.3. The molecule has 0 aliphatic carbocycles. The number of halogens is 1. The molecular weight excluding hydrogens is 488 g/mol. The second-order valence-electron chi connectivity index (χ2n) is 7.40. The standard InChI is InChI=1S/C25H21ClN4O6/c26-22-5-2-1-4-21(22)24(32)27-15-3-6-23(31)29-28-16-17-7-13-20(14-8-17)36-25(33)18-9-11-19(12-10-18)30(34)35/h1-2,4-5,7-14,16H,3,6,15H2,(H,27,32)(H,29,31)/b28-16-. The van der Waals surface area contributed by atoms with Crippen LogP contribution >= 0.6 is 11.6 Å². The van der Waals surface area contributed by atoms with E-state index >= 15 is 0 Å². The number of amides is 2. The minimum absolute atomic E-state index is 0.123. The lowest BCUT2D eigenvalue weighted by Crippen LogP contribution is -2.26. The number of nitro benzene ring substituents is 1. The van der Waals surface area contributed by atoms with E-state index in [1.165, 1.54) is 30.5 Å². The summed E-state index contributed by atoms with van der Waals surface area (Å²) in [7, 11) is 0. The van der Waals surface area contributed by atoms with Crippen LogP contribution in [0.3, 0.4) is 0 Å². The minimum atomic E-state index is -0.651. The molecule has 184 valence electrons. The topological polar surface area (TPSA) is 140 Å². The molecule has 0 aliphatic rings. The summed E-state index contributed by atoms with van der Waals surface area (Å²) < 4.78 is 5.24. The average Bonchev–Trinajstić information content (AvgIpc) is 2.88. The maximum atomic E-state index is 12.2. The Morgan fingerprint density at radius 1 is 1.00 bits per heavy atom. The quantitative estimate of drug-likeness (QED) is 0.105. The molecule has 0 atom stereocenters. The lowest BCUT2D eigenvalue weighted by molar-refractivity contribution is -0.384. The summed E-state index contributed by atoms with van der Waals surface area (Å²) in [6.45, 7) is 0.307. The van der Waals surface area contributed by atoms with Crippen molar-refractivity contribution >= 4 is 41.3 Å². The molecule has 11 heteroatoms. The van der Waals surface area contributed by atoms with Crippen molar-refractivity contribution in [3.8, 4) is 5.75 Å². The summed E-state index contributed by atoms with van der Waals surface area (Å²) in [5.74, 6) is -0.993. The van der Waals surface area contributed by atoms with E-state index in [1.807, 2.05) is 0 Å². The first kappa shape index (κ1) is 26.0. The van der Waals surface area contributed by atoms with Crippen molar-refractivity contribution in [1.82, 2.24) is 10.7 Å². The van der Waals surface area contributed by atoms with Crippen LogP contribution in [0.25, 0.3) is 0 Å². The van der Waals surface area contributed by atoms with Gasteiger partial charge in [0, 0.05) is 25.1 Å². The van der Waals surface area contributed by atoms with Crippen molar-refractivity contribution in [2.75, 3.05) is 6.54 Å². The molecule has 0 unspecified atom stereocenters. The lowest BCUT2D eigenvalue weighted by atomic mass is 10.2. The number of hydrogen-bond donors (Lipinski definition) is 2. The summed E-state index contributed by atoms with van der Waals surface area (Å²) in [6, 6.07) is 18.2. The van der Waals surface area contributed by atoms with Crippen LogP contribution in [-0.2, 0) is 4.79 Å². The Kier molecular flexibility index (Phi) is 9.24. The number of carbonyl (C=O) groups is 3. The Hall–Kier alpha value is -4.57. The maximum absolute atomic E-state index is 12.2. The fourth-order valence-electron chi connectivity index (χ4n) is 2.93. The van der Waals surface area contributed by atoms with E-state index in [2.05, 4.69) is 15.8 Å². The average molecular weight is 509 g/mol. The van der Waals surface area contributed by atoms with E-state index in [0.717, 1.165) is 0 Å². The molecule has 0 bridgehead atoms. The number of nitrogens with zero attached hydrogens (tertiary/aromatic N) is 2. The number of benzene rings is 3. The van der Waals surface area contributed by atoms with Gasteiger partial charge in [0.05, 0.1) is 27.3 Å². The van der Waals surface area contributed by atoms with Crippen molar-refractivity contribution < 1.29 is 24.0 Å². The maximum Gasteiger partial charge on any atom is 0.343 e. The predicted octanol–water partition coefficient (Wildman–Crippen LogP) is 4.13. The van der Waals surface area contributed by atoms with Gasteiger partial charge in [-0.1, -0.05) is 23.7 Å². The number of esters is 1. The molecule has 0 aromatic heterocycles. The second-order valence-corrected chi connectivity index (χ2v) is 7.80. The van der Waals surface area contributed by atoms with Gasteiger partial charge in [0.25, 0.3) is 11.6 Å². The number of hydrogen-bond acceptors (Lipinski definition) is 7. The molecule has 0 radical (unpaired) electrons. The number of carbonyl (C=O) groups excluding carboxylic acids is 3. The summed E-state index contributed by atoms with van der Waals surface area (Å²) in [5, 5.41) is 17.6. The van der Waals surface area contributed by atoms with Gasteiger partial charge in [-0.2, -0.15) is 5.10 Å². The number of rotatable bonds is 10. The first-order valence-corrected chi connectivity index (χ1v) is 11.1. The van der Waals surface area contributed by atoms with Gasteiger partial charge in [-0.3, -0.25) is 19.7 Å². The van der Waals surface area contributed by atoms with E-state index in [0.29, 0.717) is 29.1 Å². The van der Waals surface area contributed by atoms with Gasteiger partial charge in [-0.25, -0.2) is 10.2 Å². The Morgan fingerprint density at radius 2 is 1.69 bits per heavy atom. The highest BCUT2D eigenvalue weighted by molar-refractivity contribution is 6.33. The monoisotopic (exact) mass is 508 g/mol. The third-order valence-corrected chi connectivity index (χ3v) is 5.12. The minimum Gasteiger partial charge on any atom is -0.423 e. The van der Waals surface area contributed by atoms with Crippen LogP contribution in [0.2, 0.25) is 5.02 Å². The van der Waals surface area contributed by atoms with Crippen molar-refractivity contribution in [2.45, 2.75) is 12.8 Å². The van der Waals surface area contributed by atoms with E-state index in [-0.39, 0.29) is 35.2 Å². The summed E-state index contributed by atoms with van der Waals surface area (Å²) >= 11 is 5.98. The molecule has 3 rings (SSSR count). The van der Waals surface area contributed by atoms with E-state index in [1.54, 1.807) is 48.5 Å². The van der Waals surface area contributed by atoms with E-state index < -0.39 is 10.9 Å². The molecule has 2 amide bonds. The Balaban J connectivity index is 1.38. The Morgan fingerprint density at radius 3 is 2.36 bits per heavy atom. The largest absolute Gasteiger partial charge is 0.423 e. The van der Waals surface area contributed by atoms with Crippen LogP contribution < -0.4 is 15.5 Å². The molecule has 0 fully saturated rings. The van der Waals surface area contributed by atoms with Crippen LogP contribution in [0.15, 0.2) is 77.9 Å². The zero-order chi connectivity index (χ0) is 25.9. The smallest absolute Gasteiger partial charge is 0.343 e. The molecule has 36 heavy (non-hydrogen) atoms. The molecule has 10 nitrogen and oxygen atoms in total. The Labute approximate surface area is 211 Å². The van der Waals surface area contributed by atoms with Crippen LogP contribution in [-0.4, -0.2) is 35.5 Å². The molecule has 3 aromatic rings. The zero-order valence-corrected chi connectivity index (χ0v) is 19.6. The van der Waals surface area contributed by atoms with Crippen molar-refractivity contribution in [1.29, 1.82) is 0 Å². The van der Waals surface area contributed by atoms with Gasteiger partial charge in [0.2, 0.25) is 5.91 Å². The molecule has 0 heterocycles. The first-order chi connectivity index (χ1) is 17.3. The van der Waals surface area contributed by atoms with Crippen LogP contribution in [0.5, 0.6) is 5.75 Å². The molecule has 0 saturated heterocycles. The van der Waals surface area contributed by atoms with Gasteiger partial charge >= 0.3 is 5.97 Å². The number of non-ortho nitro benzene ring substituents is 1. The number of nitrogens with one attached hydrogen (secondary N) is 2. The van der Waals surface area contributed by atoms with Crippen LogP contribution in [0.1, 0.15) is 39.1 Å². The third-order valence-electron chi connectivity index (χ3n) is 4.79. The fraction of sp³-hybridized carbons (Fsp3) is 0.120. The van der Waals surface area contributed by atoms with E-state index in [4.69, 9.17) is 16.3 Å². The normalized spacial score (nSPS) is 10.6. The predicted molar refractivity (Wildman–Crippen MR) is 133 cm³/mol.